The molecule has 2 aromatic heterocycles. The maximum absolute atomic E-state index is 12.0. The van der Waals surface area contributed by atoms with Gasteiger partial charge in [-0.15, -0.1) is 11.3 Å². The molecule has 1 N–H and O–H groups in total. The molecule has 2 rings (SSSR count). The Bertz CT molecular complexity index is 607. The number of amides is 1. The Morgan fingerprint density at radius 3 is 2.74 bits per heavy atom. The minimum atomic E-state index is -0.217. The molecule has 0 saturated heterocycles. The quantitative estimate of drug-likeness (QED) is 0.880. The summed E-state index contributed by atoms with van der Waals surface area (Å²) in [7, 11) is 0. The summed E-state index contributed by atoms with van der Waals surface area (Å²) >= 11 is 13.4. The van der Waals surface area contributed by atoms with E-state index in [2.05, 4.69) is 15.3 Å². The number of halogens is 2. The van der Waals surface area contributed by atoms with E-state index < -0.39 is 0 Å². The average molecular weight is 316 g/mol. The van der Waals surface area contributed by atoms with Crippen LogP contribution < -0.4 is 5.32 Å². The lowest BCUT2D eigenvalue weighted by Crippen LogP contribution is -2.16. The number of pyridine rings is 1. The number of thiazole rings is 1. The van der Waals surface area contributed by atoms with Crippen LogP contribution >= 0.6 is 34.5 Å². The molecule has 0 saturated carbocycles. The Morgan fingerprint density at radius 1 is 1.42 bits per heavy atom. The number of nitrogens with one attached hydrogen (secondary N) is 1. The third kappa shape index (κ3) is 3.43. The van der Waals surface area contributed by atoms with Crippen LogP contribution in [0.2, 0.25) is 10.2 Å². The summed E-state index contributed by atoms with van der Waals surface area (Å²) in [6.07, 6.45) is 1.67. The van der Waals surface area contributed by atoms with Gasteiger partial charge in [-0.2, -0.15) is 0 Å². The molecular weight excluding hydrogens is 305 g/mol. The molecular formula is C12H11Cl2N3OS. The highest BCUT2D eigenvalue weighted by Crippen LogP contribution is 2.28. The first-order valence-corrected chi connectivity index (χ1v) is 7.07. The molecule has 0 aromatic carbocycles. The average Bonchev–Trinajstić information content (AvgIpc) is 2.63. The highest BCUT2D eigenvalue weighted by molar-refractivity contribution is 7.11. The summed E-state index contributed by atoms with van der Waals surface area (Å²) in [5.41, 5.74) is 1.11. The van der Waals surface area contributed by atoms with Crippen molar-refractivity contribution in [2.75, 3.05) is 5.32 Å². The largest absolute Gasteiger partial charge is 0.322 e. The fraction of sp³-hybridized carbons (Fsp3) is 0.250. The van der Waals surface area contributed by atoms with E-state index in [1.165, 1.54) is 6.20 Å². The van der Waals surface area contributed by atoms with Gasteiger partial charge in [0.05, 0.1) is 27.8 Å². The van der Waals surface area contributed by atoms with Gasteiger partial charge in [0.25, 0.3) is 0 Å². The van der Waals surface area contributed by atoms with Crippen LogP contribution in [0.5, 0.6) is 0 Å². The lowest BCUT2D eigenvalue weighted by Gasteiger charge is -2.07. The number of nitrogens with zero attached hydrogens (tertiary/aromatic N) is 2. The van der Waals surface area contributed by atoms with Crippen LogP contribution in [0.25, 0.3) is 0 Å². The van der Waals surface area contributed by atoms with Crippen molar-refractivity contribution in [3.8, 4) is 0 Å². The lowest BCUT2D eigenvalue weighted by atomic mass is 10.2. The van der Waals surface area contributed by atoms with E-state index in [1.807, 2.05) is 13.8 Å². The Kier molecular flexibility index (Phi) is 4.39. The number of carbonyl (C=O) groups excluding carboxylic acids is 1. The normalized spacial score (nSPS) is 10.5. The third-order valence-corrected chi connectivity index (χ3v) is 3.98. The minimum absolute atomic E-state index is 0.173. The molecule has 0 aliphatic carbocycles. The van der Waals surface area contributed by atoms with Crippen molar-refractivity contribution >= 4 is 46.1 Å². The van der Waals surface area contributed by atoms with E-state index in [4.69, 9.17) is 23.2 Å². The summed E-state index contributed by atoms with van der Waals surface area (Å²) in [4.78, 5) is 21.2. The van der Waals surface area contributed by atoms with Crippen LogP contribution in [0.3, 0.4) is 0 Å². The molecule has 1 amide bonds. The predicted molar refractivity (Wildman–Crippen MR) is 78.2 cm³/mol. The highest BCUT2D eigenvalue weighted by Gasteiger charge is 2.14. The molecule has 0 aliphatic heterocycles. The number of aromatic nitrogens is 2. The molecule has 7 heteroatoms. The van der Waals surface area contributed by atoms with Gasteiger partial charge in [-0.05, 0) is 19.9 Å². The summed E-state index contributed by atoms with van der Waals surface area (Å²) < 4.78 is 0. The van der Waals surface area contributed by atoms with Crippen LogP contribution in [-0.2, 0) is 11.2 Å². The summed E-state index contributed by atoms with van der Waals surface area (Å²) in [5, 5.41) is 4.14. The van der Waals surface area contributed by atoms with Crippen molar-refractivity contribution in [3.05, 3.63) is 38.0 Å². The second-order valence-corrected chi connectivity index (χ2v) is 6.09. The van der Waals surface area contributed by atoms with E-state index in [-0.39, 0.29) is 17.5 Å². The van der Waals surface area contributed by atoms with Gasteiger partial charge in [0.2, 0.25) is 5.91 Å². The van der Waals surface area contributed by atoms with E-state index in [1.54, 1.807) is 17.4 Å². The molecule has 0 atom stereocenters. The van der Waals surface area contributed by atoms with Gasteiger partial charge in [0.15, 0.2) is 5.15 Å². The molecule has 4 nitrogen and oxygen atoms in total. The maximum Gasteiger partial charge on any atom is 0.230 e. The first-order valence-electron chi connectivity index (χ1n) is 5.50. The van der Waals surface area contributed by atoms with Crippen LogP contribution in [-0.4, -0.2) is 15.9 Å². The fourth-order valence-corrected chi connectivity index (χ4v) is 2.88. The number of carbonyl (C=O) groups is 1. The Morgan fingerprint density at radius 2 is 2.16 bits per heavy atom. The molecule has 2 heterocycles. The Labute approximate surface area is 124 Å². The minimum Gasteiger partial charge on any atom is -0.322 e. The third-order valence-electron chi connectivity index (χ3n) is 2.45. The van der Waals surface area contributed by atoms with E-state index in [0.29, 0.717) is 10.7 Å². The standard InChI is InChI=1S/C12H11Cl2N3OS/c1-6-9(16-7(2)19-6)5-10(18)17-11-8(13)3-4-15-12(11)14/h3-4H,5H2,1-2H3,(H,17,18). The zero-order valence-corrected chi connectivity index (χ0v) is 12.7. The van der Waals surface area contributed by atoms with Gasteiger partial charge < -0.3 is 5.32 Å². The number of hydrogen-bond acceptors (Lipinski definition) is 4. The molecule has 19 heavy (non-hydrogen) atoms. The van der Waals surface area contributed by atoms with E-state index in [0.717, 1.165) is 15.6 Å². The summed E-state index contributed by atoms with van der Waals surface area (Å²) in [6, 6.07) is 1.57. The van der Waals surface area contributed by atoms with Crippen LogP contribution in [0.4, 0.5) is 5.69 Å². The van der Waals surface area contributed by atoms with E-state index >= 15 is 0 Å². The molecule has 0 unspecified atom stereocenters. The number of rotatable bonds is 3. The predicted octanol–water partition coefficient (Wildman–Crippen LogP) is 3.64. The maximum atomic E-state index is 12.0. The van der Waals surface area contributed by atoms with Gasteiger partial charge in [-0.3, -0.25) is 4.79 Å². The second kappa shape index (κ2) is 5.86. The Balaban J connectivity index is 2.12. The van der Waals surface area contributed by atoms with Gasteiger partial charge in [-0.25, -0.2) is 9.97 Å². The van der Waals surface area contributed by atoms with Gasteiger partial charge in [0.1, 0.15) is 0 Å². The molecule has 0 bridgehead atoms. The van der Waals surface area contributed by atoms with Gasteiger partial charge in [-0.1, -0.05) is 23.2 Å². The van der Waals surface area contributed by atoms with Crippen LogP contribution in [0.1, 0.15) is 15.6 Å². The van der Waals surface area contributed by atoms with E-state index in [9.17, 15) is 4.79 Å². The van der Waals surface area contributed by atoms with Gasteiger partial charge >= 0.3 is 0 Å². The molecule has 0 aliphatic rings. The zero-order valence-electron chi connectivity index (χ0n) is 10.3. The second-order valence-electron chi connectivity index (χ2n) is 3.92. The highest BCUT2D eigenvalue weighted by atomic mass is 35.5. The molecule has 0 radical (unpaired) electrons. The smallest absolute Gasteiger partial charge is 0.230 e. The fourth-order valence-electron chi connectivity index (χ4n) is 1.60. The van der Waals surface area contributed by atoms with Crippen molar-refractivity contribution in [1.29, 1.82) is 0 Å². The number of aryl methyl sites for hydroxylation is 2. The molecule has 100 valence electrons. The summed E-state index contributed by atoms with van der Waals surface area (Å²) in [6.45, 7) is 3.85. The van der Waals surface area contributed by atoms with Crippen molar-refractivity contribution in [1.82, 2.24) is 9.97 Å². The van der Waals surface area contributed by atoms with Crippen molar-refractivity contribution < 1.29 is 4.79 Å². The van der Waals surface area contributed by atoms with Crippen LogP contribution in [0.15, 0.2) is 12.3 Å². The Hall–Kier alpha value is -1.17. The van der Waals surface area contributed by atoms with Gasteiger partial charge in [0, 0.05) is 11.1 Å². The SMILES string of the molecule is Cc1nc(CC(=O)Nc2c(Cl)ccnc2Cl)c(C)s1. The topological polar surface area (TPSA) is 54.9 Å². The number of anilines is 1. The van der Waals surface area contributed by atoms with Crippen LogP contribution in [0, 0.1) is 13.8 Å². The molecule has 0 fully saturated rings. The zero-order chi connectivity index (χ0) is 14.0. The molecule has 2 aromatic rings. The first kappa shape index (κ1) is 14.2. The van der Waals surface area contributed by atoms with Crippen molar-refractivity contribution in [2.45, 2.75) is 20.3 Å². The van der Waals surface area contributed by atoms with Crippen molar-refractivity contribution in [2.24, 2.45) is 0 Å². The van der Waals surface area contributed by atoms with Crippen molar-refractivity contribution in [3.63, 3.8) is 0 Å². The first-order chi connectivity index (χ1) is 8.97. The lowest BCUT2D eigenvalue weighted by molar-refractivity contribution is -0.115. The molecule has 0 spiro atoms. The summed E-state index contributed by atoms with van der Waals surface area (Å²) in [5.74, 6) is -0.217. The monoisotopic (exact) mass is 315 g/mol. The number of hydrogen-bond donors (Lipinski definition) is 1.